The van der Waals surface area contributed by atoms with E-state index in [0.717, 1.165) is 16.9 Å². The Morgan fingerprint density at radius 1 is 0.609 bits per heavy atom. The number of hydrogen-bond acceptors (Lipinski definition) is 3. The van der Waals surface area contributed by atoms with E-state index in [2.05, 4.69) is 0 Å². The summed E-state index contributed by atoms with van der Waals surface area (Å²) in [5, 5.41) is 8.33. The van der Waals surface area contributed by atoms with Crippen LogP contribution in [-0.4, -0.2) is 5.84 Å². The molecule has 0 fully saturated rings. The second-order valence-electron chi connectivity index (χ2n) is 5.14. The van der Waals surface area contributed by atoms with Gasteiger partial charge in [-0.05, 0) is 35.7 Å². The van der Waals surface area contributed by atoms with Crippen LogP contribution < -0.4 is 10.2 Å². The lowest BCUT2D eigenvalue weighted by atomic mass is 10.2. The van der Waals surface area contributed by atoms with Gasteiger partial charge in [-0.25, -0.2) is 0 Å². The van der Waals surface area contributed by atoms with Crippen LogP contribution in [-0.2, 0) is 0 Å². The van der Waals surface area contributed by atoms with Crippen LogP contribution in [0.4, 0.5) is 11.4 Å². The summed E-state index contributed by atoms with van der Waals surface area (Å²) in [6.07, 6.45) is 0. The van der Waals surface area contributed by atoms with Crippen LogP contribution in [0.5, 0.6) is 0 Å². The highest BCUT2D eigenvalue weighted by molar-refractivity contribution is 6.12. The molecule has 0 aromatic heterocycles. The quantitative estimate of drug-likeness (QED) is 0.709. The van der Waals surface area contributed by atoms with Crippen molar-refractivity contribution in [2.24, 2.45) is 5.10 Å². The average Bonchev–Trinajstić information content (AvgIpc) is 3.09. The molecule has 0 unspecified atom stereocenters. The van der Waals surface area contributed by atoms with Crippen molar-refractivity contribution < 1.29 is 0 Å². The molecule has 1 heterocycles. The minimum atomic E-state index is 0.693. The van der Waals surface area contributed by atoms with Gasteiger partial charge in [-0.3, -0.25) is 10.2 Å². The SMILES string of the molecule is c1ccc(C2=NN(c3ccccc3)N(c3ccccc3)[N-]2)cc1. The molecule has 0 atom stereocenters. The predicted octanol–water partition coefficient (Wildman–Crippen LogP) is 4.58. The van der Waals surface area contributed by atoms with Crippen LogP contribution in [0.15, 0.2) is 96.1 Å². The Morgan fingerprint density at radius 3 is 1.74 bits per heavy atom. The molecule has 3 aromatic rings. The van der Waals surface area contributed by atoms with E-state index in [0.29, 0.717) is 5.84 Å². The zero-order chi connectivity index (χ0) is 15.5. The molecule has 0 N–H and O–H groups in total. The van der Waals surface area contributed by atoms with Crippen LogP contribution in [0, 0.1) is 0 Å². The number of hydrazine groups is 1. The first-order valence-corrected chi connectivity index (χ1v) is 7.48. The normalized spacial score (nSPS) is 13.7. The van der Waals surface area contributed by atoms with Gasteiger partial charge < -0.3 is 10.5 Å². The Balaban J connectivity index is 1.75. The summed E-state index contributed by atoms with van der Waals surface area (Å²) < 4.78 is 0. The van der Waals surface area contributed by atoms with Gasteiger partial charge in [0.15, 0.2) is 0 Å². The molecule has 3 aromatic carbocycles. The van der Waals surface area contributed by atoms with Gasteiger partial charge in [-0.15, -0.1) is 0 Å². The van der Waals surface area contributed by atoms with Gasteiger partial charge in [0.05, 0.1) is 11.4 Å². The fourth-order valence-electron chi connectivity index (χ4n) is 2.44. The highest BCUT2D eigenvalue weighted by atomic mass is 15.9. The molecule has 4 rings (SSSR count). The average molecular weight is 299 g/mol. The number of para-hydroxylation sites is 2. The Morgan fingerprint density at radius 2 is 1.13 bits per heavy atom. The third kappa shape index (κ3) is 2.62. The number of amidine groups is 1. The molecule has 0 spiro atoms. The van der Waals surface area contributed by atoms with Crippen molar-refractivity contribution in [3.05, 3.63) is 102 Å². The molecule has 0 aliphatic carbocycles. The fourth-order valence-corrected chi connectivity index (χ4v) is 2.44. The minimum Gasteiger partial charge on any atom is -0.352 e. The van der Waals surface area contributed by atoms with Gasteiger partial charge in [-0.1, -0.05) is 66.7 Å². The van der Waals surface area contributed by atoms with Crippen LogP contribution >= 0.6 is 0 Å². The van der Waals surface area contributed by atoms with E-state index >= 15 is 0 Å². The summed E-state index contributed by atoms with van der Waals surface area (Å²) in [5.41, 5.74) is 7.62. The zero-order valence-corrected chi connectivity index (χ0v) is 12.4. The molecular formula is C19H15N4-. The van der Waals surface area contributed by atoms with Crippen molar-refractivity contribution in [1.29, 1.82) is 0 Å². The number of hydrogen-bond donors (Lipinski definition) is 0. The van der Waals surface area contributed by atoms with E-state index in [1.54, 1.807) is 0 Å². The molecule has 1 aliphatic rings. The summed E-state index contributed by atoms with van der Waals surface area (Å²) >= 11 is 0. The van der Waals surface area contributed by atoms with Crippen molar-refractivity contribution in [2.75, 3.05) is 10.2 Å². The maximum absolute atomic E-state index is 4.70. The minimum absolute atomic E-state index is 0.693. The highest BCUT2D eigenvalue weighted by Crippen LogP contribution is 2.31. The molecule has 112 valence electrons. The smallest absolute Gasteiger partial charge is 0.0621 e. The molecule has 0 amide bonds. The van der Waals surface area contributed by atoms with Gasteiger partial charge in [-0.2, -0.15) is 0 Å². The maximum atomic E-state index is 4.70. The van der Waals surface area contributed by atoms with E-state index in [1.165, 1.54) is 0 Å². The number of nitrogens with zero attached hydrogens (tertiary/aromatic N) is 4. The molecule has 0 saturated heterocycles. The standard InChI is InChI=1S/C19H15N4/c1-4-10-16(11-5-1)19-20-22(17-12-6-2-7-13-17)23(21-19)18-14-8-3-9-15-18/h1-15H/q-1. The molecule has 1 aliphatic heterocycles. The van der Waals surface area contributed by atoms with Crippen molar-refractivity contribution >= 4 is 17.2 Å². The van der Waals surface area contributed by atoms with Gasteiger partial charge in [0, 0.05) is 0 Å². The highest BCUT2D eigenvalue weighted by Gasteiger charge is 2.16. The Kier molecular flexibility index (Phi) is 3.41. The summed E-state index contributed by atoms with van der Waals surface area (Å²) in [6.45, 7) is 0. The zero-order valence-electron chi connectivity index (χ0n) is 12.4. The predicted molar refractivity (Wildman–Crippen MR) is 94.2 cm³/mol. The Bertz CT molecular complexity index is 801. The Hall–Kier alpha value is -3.27. The first-order chi connectivity index (χ1) is 11.4. The van der Waals surface area contributed by atoms with Gasteiger partial charge in [0.25, 0.3) is 0 Å². The molecule has 23 heavy (non-hydrogen) atoms. The first-order valence-electron chi connectivity index (χ1n) is 7.48. The maximum Gasteiger partial charge on any atom is 0.0621 e. The number of benzene rings is 3. The van der Waals surface area contributed by atoms with Crippen molar-refractivity contribution in [2.45, 2.75) is 0 Å². The van der Waals surface area contributed by atoms with Gasteiger partial charge in [0.2, 0.25) is 0 Å². The molecule has 0 saturated carbocycles. The summed E-state index contributed by atoms with van der Waals surface area (Å²) in [5.74, 6) is 0.693. The second kappa shape index (κ2) is 5.85. The van der Waals surface area contributed by atoms with E-state index in [1.807, 2.05) is 101 Å². The molecule has 4 nitrogen and oxygen atoms in total. The lowest BCUT2D eigenvalue weighted by Gasteiger charge is -2.35. The molecule has 4 heteroatoms. The van der Waals surface area contributed by atoms with Crippen molar-refractivity contribution in [3.8, 4) is 0 Å². The summed E-state index contributed by atoms with van der Waals surface area (Å²) in [4.78, 5) is 0. The second-order valence-corrected chi connectivity index (χ2v) is 5.14. The third-order valence-electron chi connectivity index (χ3n) is 3.56. The summed E-state index contributed by atoms with van der Waals surface area (Å²) in [7, 11) is 0. The van der Waals surface area contributed by atoms with E-state index in [-0.39, 0.29) is 0 Å². The summed E-state index contributed by atoms with van der Waals surface area (Å²) in [6, 6.07) is 30.0. The van der Waals surface area contributed by atoms with Crippen LogP contribution in [0.2, 0.25) is 0 Å². The van der Waals surface area contributed by atoms with Crippen LogP contribution in [0.1, 0.15) is 5.56 Å². The Labute approximate surface area is 135 Å². The molecule has 0 radical (unpaired) electrons. The lowest BCUT2D eigenvalue weighted by Crippen LogP contribution is -2.31. The fraction of sp³-hybridized carbons (Fsp3) is 0. The number of hydrazone groups is 1. The molecular weight excluding hydrogens is 284 g/mol. The number of anilines is 2. The van der Waals surface area contributed by atoms with E-state index in [9.17, 15) is 0 Å². The largest absolute Gasteiger partial charge is 0.352 e. The lowest BCUT2D eigenvalue weighted by molar-refractivity contribution is 0.890. The van der Waals surface area contributed by atoms with Gasteiger partial charge in [0.1, 0.15) is 0 Å². The first kappa shape index (κ1) is 13.4. The van der Waals surface area contributed by atoms with Crippen molar-refractivity contribution in [3.63, 3.8) is 0 Å². The monoisotopic (exact) mass is 299 g/mol. The van der Waals surface area contributed by atoms with Gasteiger partial charge >= 0.3 is 0 Å². The van der Waals surface area contributed by atoms with E-state index in [4.69, 9.17) is 10.5 Å². The third-order valence-corrected chi connectivity index (χ3v) is 3.56. The number of rotatable bonds is 3. The van der Waals surface area contributed by atoms with Crippen LogP contribution in [0.25, 0.3) is 5.43 Å². The topological polar surface area (TPSA) is 32.9 Å². The van der Waals surface area contributed by atoms with Crippen LogP contribution in [0.3, 0.4) is 0 Å². The molecule has 0 bridgehead atoms. The van der Waals surface area contributed by atoms with Crippen molar-refractivity contribution in [1.82, 2.24) is 0 Å². The van der Waals surface area contributed by atoms with E-state index < -0.39 is 0 Å².